The Morgan fingerprint density at radius 3 is 2.80 bits per heavy atom. The van der Waals surface area contributed by atoms with Crippen LogP contribution < -0.4 is 5.43 Å². The van der Waals surface area contributed by atoms with Crippen molar-refractivity contribution in [1.29, 1.82) is 0 Å². The van der Waals surface area contributed by atoms with Gasteiger partial charge in [-0.2, -0.15) is 5.10 Å². The smallest absolute Gasteiger partial charge is 0.271 e. The summed E-state index contributed by atoms with van der Waals surface area (Å²) in [7, 11) is 0. The fraction of sp³-hybridized carbons (Fsp3) is 0. The Morgan fingerprint density at radius 1 is 1.04 bits per heavy atom. The molecule has 4 nitrogen and oxygen atoms in total. The summed E-state index contributed by atoms with van der Waals surface area (Å²) in [6, 6.07) is 19.4. The van der Waals surface area contributed by atoms with Crippen LogP contribution in [0.4, 0.5) is 0 Å². The summed E-state index contributed by atoms with van der Waals surface area (Å²) >= 11 is 3.47. The van der Waals surface area contributed by atoms with Crippen LogP contribution >= 0.6 is 15.9 Å². The van der Waals surface area contributed by atoms with E-state index >= 15 is 0 Å². The summed E-state index contributed by atoms with van der Waals surface area (Å²) in [6.45, 7) is 0. The number of hydrogen-bond acceptors (Lipinski definition) is 2. The molecule has 0 radical (unpaired) electrons. The van der Waals surface area contributed by atoms with Crippen LogP contribution in [0, 0.1) is 0 Å². The predicted octanol–water partition coefficient (Wildman–Crippen LogP) is 4.85. The molecule has 3 aromatic carbocycles. The molecule has 0 saturated heterocycles. The second-order valence-electron chi connectivity index (χ2n) is 5.66. The van der Waals surface area contributed by atoms with Gasteiger partial charge in [-0.15, -0.1) is 0 Å². The van der Waals surface area contributed by atoms with E-state index in [9.17, 15) is 4.79 Å². The van der Waals surface area contributed by atoms with Crippen LogP contribution in [-0.2, 0) is 0 Å². The number of hydrazone groups is 1. The molecule has 1 aromatic heterocycles. The zero-order chi connectivity index (χ0) is 17.2. The second-order valence-corrected chi connectivity index (χ2v) is 6.58. The maximum atomic E-state index is 12.5. The van der Waals surface area contributed by atoms with Gasteiger partial charge in [0.1, 0.15) is 0 Å². The van der Waals surface area contributed by atoms with Crippen molar-refractivity contribution in [3.63, 3.8) is 0 Å². The number of nitrogens with zero attached hydrogens (tertiary/aromatic N) is 1. The van der Waals surface area contributed by atoms with E-state index in [1.807, 2.05) is 60.8 Å². The Balaban J connectivity index is 1.58. The first-order chi connectivity index (χ1) is 12.2. The molecule has 122 valence electrons. The van der Waals surface area contributed by atoms with E-state index in [1.54, 1.807) is 12.3 Å². The van der Waals surface area contributed by atoms with Gasteiger partial charge in [0.2, 0.25) is 0 Å². The molecule has 0 aliphatic heterocycles. The van der Waals surface area contributed by atoms with E-state index in [-0.39, 0.29) is 5.91 Å². The molecule has 25 heavy (non-hydrogen) atoms. The van der Waals surface area contributed by atoms with E-state index in [0.29, 0.717) is 5.56 Å². The van der Waals surface area contributed by atoms with E-state index in [2.05, 4.69) is 31.4 Å². The van der Waals surface area contributed by atoms with Gasteiger partial charge in [-0.1, -0.05) is 52.3 Å². The number of aromatic amines is 1. The first kappa shape index (κ1) is 15.6. The van der Waals surface area contributed by atoms with Crippen molar-refractivity contribution in [2.45, 2.75) is 0 Å². The van der Waals surface area contributed by atoms with Crippen molar-refractivity contribution in [3.8, 4) is 0 Å². The summed E-state index contributed by atoms with van der Waals surface area (Å²) in [5.41, 5.74) is 5.15. The summed E-state index contributed by atoms with van der Waals surface area (Å²) in [6.07, 6.45) is 3.51. The van der Waals surface area contributed by atoms with Crippen molar-refractivity contribution < 1.29 is 4.79 Å². The van der Waals surface area contributed by atoms with Gasteiger partial charge in [0.25, 0.3) is 5.91 Å². The summed E-state index contributed by atoms with van der Waals surface area (Å²) in [4.78, 5) is 15.6. The third-order valence-electron chi connectivity index (χ3n) is 4.08. The molecule has 0 unspecified atom stereocenters. The highest BCUT2D eigenvalue weighted by molar-refractivity contribution is 9.10. The molecule has 2 N–H and O–H groups in total. The fourth-order valence-electron chi connectivity index (χ4n) is 2.87. The van der Waals surface area contributed by atoms with Crippen LogP contribution in [0.5, 0.6) is 0 Å². The van der Waals surface area contributed by atoms with Crippen molar-refractivity contribution in [1.82, 2.24) is 10.4 Å². The molecule has 0 atom stereocenters. The normalized spacial score (nSPS) is 11.4. The molecule has 0 bridgehead atoms. The van der Waals surface area contributed by atoms with Crippen LogP contribution in [0.1, 0.15) is 15.9 Å². The lowest BCUT2D eigenvalue weighted by Gasteiger charge is -2.04. The average Bonchev–Trinajstić information content (AvgIpc) is 3.03. The Bertz CT molecular complexity index is 1110. The first-order valence-electron chi connectivity index (χ1n) is 7.80. The Hall–Kier alpha value is -2.92. The van der Waals surface area contributed by atoms with Gasteiger partial charge >= 0.3 is 0 Å². The van der Waals surface area contributed by atoms with E-state index in [1.165, 1.54) is 0 Å². The highest BCUT2D eigenvalue weighted by Gasteiger charge is 2.08. The highest BCUT2D eigenvalue weighted by atomic mass is 79.9. The minimum absolute atomic E-state index is 0.228. The van der Waals surface area contributed by atoms with E-state index in [0.717, 1.165) is 31.7 Å². The Labute approximate surface area is 152 Å². The number of rotatable bonds is 3. The van der Waals surface area contributed by atoms with Gasteiger partial charge in [-0.3, -0.25) is 4.79 Å². The van der Waals surface area contributed by atoms with Crippen molar-refractivity contribution in [2.75, 3.05) is 0 Å². The topological polar surface area (TPSA) is 57.2 Å². The monoisotopic (exact) mass is 391 g/mol. The molecule has 0 fully saturated rings. The van der Waals surface area contributed by atoms with Crippen molar-refractivity contribution in [3.05, 3.63) is 82.5 Å². The van der Waals surface area contributed by atoms with Crippen LogP contribution in [0.25, 0.3) is 21.7 Å². The maximum Gasteiger partial charge on any atom is 0.271 e. The molecule has 5 heteroatoms. The number of carbonyl (C=O) groups is 1. The van der Waals surface area contributed by atoms with Gasteiger partial charge in [0.15, 0.2) is 0 Å². The minimum Gasteiger partial charge on any atom is -0.361 e. The van der Waals surface area contributed by atoms with E-state index < -0.39 is 0 Å². The number of fused-ring (bicyclic) bond motifs is 2. The standard InChI is InChI=1S/C20H14BrN3O/c21-15-8-9-19-18(10-15)14(11-22-19)12-23-24-20(25)17-7-3-5-13-4-1-2-6-16(13)17/h1-12,22H,(H,24,25)/b23-12-. The number of hydrogen-bond donors (Lipinski definition) is 2. The molecular formula is C20H14BrN3O. The number of aromatic nitrogens is 1. The zero-order valence-electron chi connectivity index (χ0n) is 13.2. The van der Waals surface area contributed by atoms with Crippen LogP contribution in [0.2, 0.25) is 0 Å². The number of nitrogens with one attached hydrogen (secondary N) is 2. The number of benzene rings is 3. The number of carbonyl (C=O) groups excluding carboxylic acids is 1. The Kier molecular flexibility index (Phi) is 4.07. The minimum atomic E-state index is -0.228. The molecule has 1 amide bonds. The number of H-pyrrole nitrogens is 1. The molecule has 1 heterocycles. The predicted molar refractivity (Wildman–Crippen MR) is 105 cm³/mol. The zero-order valence-corrected chi connectivity index (χ0v) is 14.7. The molecule has 0 saturated carbocycles. The van der Waals surface area contributed by atoms with Gasteiger partial charge in [-0.25, -0.2) is 5.43 Å². The van der Waals surface area contributed by atoms with Crippen molar-refractivity contribution in [2.24, 2.45) is 5.10 Å². The van der Waals surface area contributed by atoms with Gasteiger partial charge in [-0.05, 0) is 35.0 Å². The lowest BCUT2D eigenvalue weighted by Crippen LogP contribution is -2.17. The quantitative estimate of drug-likeness (QED) is 0.380. The molecule has 0 aliphatic carbocycles. The van der Waals surface area contributed by atoms with Gasteiger partial charge < -0.3 is 4.98 Å². The SMILES string of the molecule is O=C(N/N=C\c1c[nH]c2ccc(Br)cc12)c1cccc2ccccc12. The molecule has 4 aromatic rings. The number of amides is 1. The van der Waals surface area contributed by atoms with Crippen LogP contribution in [0.3, 0.4) is 0 Å². The maximum absolute atomic E-state index is 12.5. The summed E-state index contributed by atoms with van der Waals surface area (Å²) in [5.74, 6) is -0.228. The average molecular weight is 392 g/mol. The second kappa shape index (κ2) is 6.53. The molecule has 0 aliphatic rings. The highest BCUT2D eigenvalue weighted by Crippen LogP contribution is 2.22. The first-order valence-corrected chi connectivity index (χ1v) is 8.59. The fourth-order valence-corrected chi connectivity index (χ4v) is 3.23. The largest absolute Gasteiger partial charge is 0.361 e. The Morgan fingerprint density at radius 2 is 1.88 bits per heavy atom. The van der Waals surface area contributed by atoms with Crippen molar-refractivity contribution >= 4 is 49.7 Å². The summed E-state index contributed by atoms with van der Waals surface area (Å²) < 4.78 is 0.994. The van der Waals surface area contributed by atoms with Crippen LogP contribution in [-0.4, -0.2) is 17.1 Å². The molecule has 0 spiro atoms. The third kappa shape index (κ3) is 3.06. The van der Waals surface area contributed by atoms with Gasteiger partial charge in [0, 0.05) is 32.7 Å². The van der Waals surface area contributed by atoms with E-state index in [4.69, 9.17) is 0 Å². The van der Waals surface area contributed by atoms with Gasteiger partial charge in [0.05, 0.1) is 6.21 Å². The lowest BCUT2D eigenvalue weighted by molar-refractivity contribution is 0.0957. The van der Waals surface area contributed by atoms with Crippen LogP contribution in [0.15, 0.2) is 76.4 Å². The molecular weight excluding hydrogens is 378 g/mol. The summed E-state index contributed by atoms with van der Waals surface area (Å²) in [5, 5.41) is 7.10. The molecule has 4 rings (SSSR count). The third-order valence-corrected chi connectivity index (χ3v) is 4.57. The number of halogens is 1. The lowest BCUT2D eigenvalue weighted by atomic mass is 10.0.